The molecule has 1 aliphatic rings. The van der Waals surface area contributed by atoms with Crippen LogP contribution in [0.1, 0.15) is 30.1 Å². The lowest BCUT2D eigenvalue weighted by Crippen LogP contribution is -2.38. The van der Waals surface area contributed by atoms with Crippen LogP contribution >= 0.6 is 0 Å². The molecule has 2 heterocycles. The predicted molar refractivity (Wildman–Crippen MR) is 110 cm³/mol. The zero-order valence-corrected chi connectivity index (χ0v) is 16.2. The summed E-state index contributed by atoms with van der Waals surface area (Å²) >= 11 is 0. The standard InChI is InChI=1S/C23H24N2O3/c1-16-11-13-24(14-12-16)22(26)21-15-25(17-7-9-18(28-2)10-8-17)23(27)20-6-4-3-5-19(20)21/h3-10,15-16H,11-14H2,1-2H3. The van der Waals surface area contributed by atoms with Gasteiger partial charge in [-0.2, -0.15) is 0 Å². The third kappa shape index (κ3) is 3.28. The van der Waals surface area contributed by atoms with E-state index >= 15 is 0 Å². The fraction of sp³-hybridized carbons (Fsp3) is 0.304. The van der Waals surface area contributed by atoms with Crippen molar-refractivity contribution >= 4 is 16.7 Å². The lowest BCUT2D eigenvalue weighted by atomic mass is 9.98. The monoisotopic (exact) mass is 376 g/mol. The number of nitrogens with zero attached hydrogens (tertiary/aromatic N) is 2. The predicted octanol–water partition coefficient (Wildman–Crippen LogP) is 3.87. The number of fused-ring (bicyclic) bond motifs is 1. The van der Waals surface area contributed by atoms with E-state index in [1.54, 1.807) is 23.9 Å². The van der Waals surface area contributed by atoms with Gasteiger partial charge in [-0.3, -0.25) is 14.2 Å². The van der Waals surface area contributed by atoms with Crippen LogP contribution in [0.2, 0.25) is 0 Å². The molecule has 1 saturated heterocycles. The molecule has 1 aromatic heterocycles. The number of rotatable bonds is 3. The number of ether oxygens (including phenoxy) is 1. The molecule has 2 aromatic carbocycles. The van der Waals surface area contributed by atoms with E-state index in [1.807, 2.05) is 47.4 Å². The van der Waals surface area contributed by atoms with Crippen molar-refractivity contribution in [1.29, 1.82) is 0 Å². The fourth-order valence-corrected chi connectivity index (χ4v) is 3.78. The van der Waals surface area contributed by atoms with Crippen LogP contribution in [0.4, 0.5) is 0 Å². The molecule has 0 spiro atoms. The maximum Gasteiger partial charge on any atom is 0.262 e. The second-order valence-corrected chi connectivity index (χ2v) is 7.44. The zero-order chi connectivity index (χ0) is 19.7. The molecule has 5 heteroatoms. The summed E-state index contributed by atoms with van der Waals surface area (Å²) in [6.07, 6.45) is 3.72. The molecule has 1 fully saturated rings. The molecule has 1 aliphatic heterocycles. The van der Waals surface area contributed by atoms with Crippen LogP contribution in [-0.4, -0.2) is 35.6 Å². The van der Waals surface area contributed by atoms with Gasteiger partial charge in [-0.05, 0) is 49.1 Å². The minimum Gasteiger partial charge on any atom is -0.497 e. The molecule has 0 N–H and O–H groups in total. The van der Waals surface area contributed by atoms with Gasteiger partial charge in [0.1, 0.15) is 5.75 Å². The Labute approximate surface area is 164 Å². The van der Waals surface area contributed by atoms with E-state index < -0.39 is 0 Å². The molecule has 28 heavy (non-hydrogen) atoms. The summed E-state index contributed by atoms with van der Waals surface area (Å²) in [5.74, 6) is 1.36. The van der Waals surface area contributed by atoms with E-state index in [4.69, 9.17) is 4.74 Å². The Kier molecular flexibility index (Phi) is 4.90. The van der Waals surface area contributed by atoms with Gasteiger partial charge in [-0.25, -0.2) is 0 Å². The summed E-state index contributed by atoms with van der Waals surface area (Å²) in [5, 5.41) is 1.26. The number of carbonyl (C=O) groups excluding carboxylic acids is 1. The summed E-state index contributed by atoms with van der Waals surface area (Å²) in [6.45, 7) is 3.74. The number of hydrogen-bond acceptors (Lipinski definition) is 3. The number of amides is 1. The minimum atomic E-state index is -0.135. The van der Waals surface area contributed by atoms with Crippen LogP contribution in [0.5, 0.6) is 5.75 Å². The Morgan fingerprint density at radius 1 is 1.00 bits per heavy atom. The molecule has 3 aromatic rings. The number of pyridine rings is 1. The Hall–Kier alpha value is -3.08. The van der Waals surface area contributed by atoms with Gasteiger partial charge in [0.2, 0.25) is 0 Å². The Morgan fingerprint density at radius 2 is 1.64 bits per heavy atom. The number of likely N-dealkylation sites (tertiary alicyclic amines) is 1. The van der Waals surface area contributed by atoms with Gasteiger partial charge in [0.05, 0.1) is 12.7 Å². The molecule has 5 nitrogen and oxygen atoms in total. The van der Waals surface area contributed by atoms with E-state index in [2.05, 4.69) is 6.92 Å². The molecular weight excluding hydrogens is 352 g/mol. The van der Waals surface area contributed by atoms with Crippen molar-refractivity contribution < 1.29 is 9.53 Å². The van der Waals surface area contributed by atoms with Gasteiger partial charge in [0.15, 0.2) is 0 Å². The largest absolute Gasteiger partial charge is 0.497 e. The maximum atomic E-state index is 13.3. The first-order chi connectivity index (χ1) is 13.6. The summed E-state index contributed by atoms with van der Waals surface area (Å²) in [4.78, 5) is 28.3. The number of carbonyl (C=O) groups is 1. The zero-order valence-electron chi connectivity index (χ0n) is 16.2. The van der Waals surface area contributed by atoms with Crippen LogP contribution in [0.25, 0.3) is 16.5 Å². The van der Waals surface area contributed by atoms with Crippen LogP contribution in [0.3, 0.4) is 0 Å². The summed E-state index contributed by atoms with van der Waals surface area (Å²) in [5.41, 5.74) is 1.14. The van der Waals surface area contributed by atoms with Crippen LogP contribution in [0.15, 0.2) is 59.5 Å². The summed E-state index contributed by atoms with van der Waals surface area (Å²) in [7, 11) is 1.60. The van der Waals surface area contributed by atoms with Crippen molar-refractivity contribution in [2.75, 3.05) is 20.2 Å². The Balaban J connectivity index is 1.84. The molecule has 0 unspecified atom stereocenters. The average molecular weight is 376 g/mol. The fourth-order valence-electron chi connectivity index (χ4n) is 3.78. The minimum absolute atomic E-state index is 0.00892. The second-order valence-electron chi connectivity index (χ2n) is 7.44. The van der Waals surface area contributed by atoms with Gasteiger partial charge in [-0.15, -0.1) is 0 Å². The lowest BCUT2D eigenvalue weighted by Gasteiger charge is -2.30. The van der Waals surface area contributed by atoms with E-state index in [1.165, 1.54) is 0 Å². The number of aromatic nitrogens is 1. The lowest BCUT2D eigenvalue weighted by molar-refractivity contribution is 0.0698. The highest BCUT2D eigenvalue weighted by Crippen LogP contribution is 2.23. The van der Waals surface area contributed by atoms with Crippen LogP contribution in [-0.2, 0) is 0 Å². The van der Waals surface area contributed by atoms with Crippen molar-refractivity contribution in [2.24, 2.45) is 5.92 Å². The molecule has 0 radical (unpaired) electrons. The molecule has 0 atom stereocenters. The number of methoxy groups -OCH3 is 1. The van der Waals surface area contributed by atoms with E-state index in [0.717, 1.165) is 31.7 Å². The van der Waals surface area contributed by atoms with Gasteiger partial charge in [-0.1, -0.05) is 25.1 Å². The van der Waals surface area contributed by atoms with E-state index in [9.17, 15) is 9.59 Å². The molecular formula is C23H24N2O3. The first kappa shape index (κ1) is 18.3. The Morgan fingerprint density at radius 3 is 2.29 bits per heavy atom. The van der Waals surface area contributed by atoms with Gasteiger partial charge >= 0.3 is 0 Å². The number of hydrogen-bond donors (Lipinski definition) is 0. The maximum absolute atomic E-state index is 13.3. The van der Waals surface area contributed by atoms with Crippen molar-refractivity contribution in [3.63, 3.8) is 0 Å². The van der Waals surface area contributed by atoms with Crippen molar-refractivity contribution in [3.05, 3.63) is 70.6 Å². The third-order valence-corrected chi connectivity index (χ3v) is 5.58. The van der Waals surface area contributed by atoms with Gasteiger partial charge in [0, 0.05) is 35.7 Å². The molecule has 4 rings (SSSR count). The highest BCUT2D eigenvalue weighted by atomic mass is 16.5. The Bertz CT molecular complexity index is 1060. The van der Waals surface area contributed by atoms with E-state index in [-0.39, 0.29) is 11.5 Å². The molecule has 0 aliphatic carbocycles. The first-order valence-electron chi connectivity index (χ1n) is 9.66. The van der Waals surface area contributed by atoms with Crippen LogP contribution < -0.4 is 10.3 Å². The summed E-state index contributed by atoms with van der Waals surface area (Å²) in [6, 6.07) is 14.6. The molecule has 0 bridgehead atoms. The number of piperidine rings is 1. The van der Waals surface area contributed by atoms with Gasteiger partial charge < -0.3 is 9.64 Å². The number of benzene rings is 2. The SMILES string of the molecule is COc1ccc(-n2cc(C(=O)N3CCC(C)CC3)c3ccccc3c2=O)cc1. The van der Waals surface area contributed by atoms with Crippen molar-refractivity contribution in [3.8, 4) is 11.4 Å². The average Bonchev–Trinajstić information content (AvgIpc) is 2.74. The normalized spacial score (nSPS) is 15.0. The van der Waals surface area contributed by atoms with Crippen LogP contribution in [0, 0.1) is 5.92 Å². The third-order valence-electron chi connectivity index (χ3n) is 5.58. The highest BCUT2D eigenvalue weighted by molar-refractivity contribution is 6.06. The molecule has 0 saturated carbocycles. The smallest absolute Gasteiger partial charge is 0.262 e. The first-order valence-corrected chi connectivity index (χ1v) is 9.66. The van der Waals surface area contributed by atoms with Gasteiger partial charge in [0.25, 0.3) is 11.5 Å². The molecule has 1 amide bonds. The molecule has 144 valence electrons. The highest BCUT2D eigenvalue weighted by Gasteiger charge is 2.24. The second kappa shape index (κ2) is 7.50. The van der Waals surface area contributed by atoms with E-state index in [0.29, 0.717) is 27.9 Å². The van der Waals surface area contributed by atoms with Crippen molar-refractivity contribution in [2.45, 2.75) is 19.8 Å². The van der Waals surface area contributed by atoms with Crippen molar-refractivity contribution in [1.82, 2.24) is 9.47 Å². The topological polar surface area (TPSA) is 51.5 Å². The quantitative estimate of drug-likeness (QED) is 0.697. The summed E-state index contributed by atoms with van der Waals surface area (Å²) < 4.78 is 6.76.